The second-order valence-electron chi connectivity index (χ2n) is 5.83. The molecule has 0 radical (unpaired) electrons. The first-order chi connectivity index (χ1) is 13.1. The van der Waals surface area contributed by atoms with Crippen molar-refractivity contribution in [3.63, 3.8) is 0 Å². The highest BCUT2D eigenvalue weighted by Gasteiger charge is 2.13. The maximum Gasteiger partial charge on any atom is 0.274 e. The van der Waals surface area contributed by atoms with E-state index in [-0.39, 0.29) is 5.56 Å². The van der Waals surface area contributed by atoms with Gasteiger partial charge >= 0.3 is 0 Å². The number of para-hydroxylation sites is 2. The number of rotatable bonds is 5. The summed E-state index contributed by atoms with van der Waals surface area (Å²) in [4.78, 5) is 18.2. The molecule has 0 unspecified atom stereocenters. The molecule has 2 aromatic carbocycles. The Hall–Kier alpha value is -2.38. The van der Waals surface area contributed by atoms with Gasteiger partial charge in [0.25, 0.3) is 5.56 Å². The Labute approximate surface area is 168 Å². The summed E-state index contributed by atoms with van der Waals surface area (Å²) in [7, 11) is 0. The van der Waals surface area contributed by atoms with Gasteiger partial charge in [-0.25, -0.2) is 9.38 Å². The zero-order valence-electron chi connectivity index (χ0n) is 14.9. The first kappa shape index (κ1) is 18.0. The molecule has 2 heterocycles. The van der Waals surface area contributed by atoms with E-state index in [1.807, 2.05) is 56.3 Å². The summed E-state index contributed by atoms with van der Waals surface area (Å²) in [5, 5.41) is 0. The van der Waals surface area contributed by atoms with Gasteiger partial charge in [0.15, 0.2) is 16.5 Å². The van der Waals surface area contributed by atoms with Gasteiger partial charge in [-0.15, -0.1) is 0 Å². The van der Waals surface area contributed by atoms with E-state index in [0.29, 0.717) is 34.2 Å². The number of aromatic nitrogens is 2. The largest absolute Gasteiger partial charge is 0.490 e. The predicted molar refractivity (Wildman–Crippen MR) is 112 cm³/mol. The van der Waals surface area contributed by atoms with Crippen molar-refractivity contribution in [3.05, 3.63) is 61.3 Å². The molecule has 0 saturated heterocycles. The molecule has 7 heteroatoms. The zero-order valence-corrected chi connectivity index (χ0v) is 17.3. The Morgan fingerprint density at radius 1 is 1.19 bits per heavy atom. The summed E-state index contributed by atoms with van der Waals surface area (Å²) in [6, 6.07) is 11.5. The van der Waals surface area contributed by atoms with Crippen LogP contribution >= 0.6 is 27.3 Å². The zero-order chi connectivity index (χ0) is 19.0. The quantitative estimate of drug-likeness (QED) is 0.466. The van der Waals surface area contributed by atoms with Gasteiger partial charge in [0.2, 0.25) is 0 Å². The fraction of sp³-hybridized carbons (Fsp3) is 0.200. The van der Waals surface area contributed by atoms with Gasteiger partial charge in [-0.3, -0.25) is 4.79 Å². The van der Waals surface area contributed by atoms with E-state index in [1.54, 1.807) is 4.40 Å². The first-order valence-electron chi connectivity index (χ1n) is 8.63. The normalized spacial score (nSPS) is 12.2. The van der Waals surface area contributed by atoms with Crippen LogP contribution in [0.25, 0.3) is 22.1 Å². The van der Waals surface area contributed by atoms with Crippen LogP contribution in [0.2, 0.25) is 0 Å². The molecule has 0 aliphatic carbocycles. The summed E-state index contributed by atoms with van der Waals surface area (Å²) in [5.74, 6) is 1.32. The Kier molecular flexibility index (Phi) is 4.88. The standard InChI is InChI=1S/C20H17BrN2O3S/c1-3-25-16-10-12(9-13(21)18(16)26-4-2)11-17-19(24)23-15-8-6-5-7-14(15)22-20(23)27-17/h5-11H,3-4H2,1-2H3/b17-11+. The lowest BCUT2D eigenvalue weighted by Gasteiger charge is -2.13. The van der Waals surface area contributed by atoms with Crippen LogP contribution in [0, 0.1) is 0 Å². The van der Waals surface area contributed by atoms with Gasteiger partial charge < -0.3 is 9.47 Å². The van der Waals surface area contributed by atoms with Crippen LogP contribution in [-0.4, -0.2) is 22.6 Å². The maximum atomic E-state index is 12.9. The van der Waals surface area contributed by atoms with Crippen LogP contribution in [-0.2, 0) is 0 Å². The topological polar surface area (TPSA) is 52.8 Å². The average Bonchev–Trinajstić information content (AvgIpc) is 3.15. The molecule has 0 saturated carbocycles. The summed E-state index contributed by atoms with van der Waals surface area (Å²) >= 11 is 4.92. The van der Waals surface area contributed by atoms with Crippen LogP contribution in [0.1, 0.15) is 19.4 Å². The third kappa shape index (κ3) is 3.21. The minimum absolute atomic E-state index is 0.0633. The number of benzene rings is 2. The summed E-state index contributed by atoms with van der Waals surface area (Å²) in [6.45, 7) is 4.93. The van der Waals surface area contributed by atoms with E-state index in [0.717, 1.165) is 21.1 Å². The number of ether oxygens (including phenoxy) is 2. The monoisotopic (exact) mass is 444 g/mol. The van der Waals surface area contributed by atoms with E-state index in [2.05, 4.69) is 20.9 Å². The number of thiazole rings is 1. The van der Waals surface area contributed by atoms with E-state index >= 15 is 0 Å². The van der Waals surface area contributed by atoms with E-state index in [4.69, 9.17) is 9.47 Å². The minimum Gasteiger partial charge on any atom is -0.490 e. The van der Waals surface area contributed by atoms with Crippen molar-refractivity contribution in [2.45, 2.75) is 13.8 Å². The molecule has 27 heavy (non-hydrogen) atoms. The molecule has 0 atom stereocenters. The van der Waals surface area contributed by atoms with E-state index in [1.165, 1.54) is 11.3 Å². The van der Waals surface area contributed by atoms with Gasteiger partial charge in [0.1, 0.15) is 0 Å². The Morgan fingerprint density at radius 3 is 2.74 bits per heavy atom. The molecule has 0 aliphatic heterocycles. The number of nitrogens with zero attached hydrogens (tertiary/aromatic N) is 2. The third-order valence-electron chi connectivity index (χ3n) is 4.06. The Bertz CT molecular complexity index is 1250. The molecule has 5 nitrogen and oxygen atoms in total. The maximum absolute atomic E-state index is 12.9. The Morgan fingerprint density at radius 2 is 1.96 bits per heavy atom. The lowest BCUT2D eigenvalue weighted by molar-refractivity contribution is 0.286. The average molecular weight is 445 g/mol. The van der Waals surface area contributed by atoms with Crippen LogP contribution < -0.4 is 19.6 Å². The van der Waals surface area contributed by atoms with E-state index < -0.39 is 0 Å². The summed E-state index contributed by atoms with van der Waals surface area (Å²) < 4.78 is 14.5. The van der Waals surface area contributed by atoms with Crippen LogP contribution in [0.3, 0.4) is 0 Å². The molecule has 4 rings (SSSR count). The smallest absolute Gasteiger partial charge is 0.274 e. The predicted octanol–water partition coefficient (Wildman–Crippen LogP) is 4.02. The van der Waals surface area contributed by atoms with Crippen molar-refractivity contribution in [1.29, 1.82) is 0 Å². The number of hydrogen-bond acceptors (Lipinski definition) is 5. The molecule has 0 amide bonds. The van der Waals surface area contributed by atoms with Crippen LogP contribution in [0.5, 0.6) is 11.5 Å². The molecule has 2 aromatic heterocycles. The minimum atomic E-state index is -0.0633. The number of halogens is 1. The second-order valence-corrected chi connectivity index (χ2v) is 7.69. The van der Waals surface area contributed by atoms with Gasteiger partial charge in [0.05, 0.1) is 33.3 Å². The molecule has 4 aromatic rings. The van der Waals surface area contributed by atoms with Gasteiger partial charge in [-0.2, -0.15) is 0 Å². The lowest BCUT2D eigenvalue weighted by Crippen LogP contribution is -2.22. The highest BCUT2D eigenvalue weighted by atomic mass is 79.9. The van der Waals surface area contributed by atoms with E-state index in [9.17, 15) is 4.79 Å². The van der Waals surface area contributed by atoms with Crippen molar-refractivity contribution < 1.29 is 9.47 Å². The van der Waals surface area contributed by atoms with Crippen molar-refractivity contribution in [1.82, 2.24) is 9.38 Å². The number of fused-ring (bicyclic) bond motifs is 3. The van der Waals surface area contributed by atoms with Crippen molar-refractivity contribution in [2.24, 2.45) is 0 Å². The van der Waals surface area contributed by atoms with Gasteiger partial charge in [-0.05, 0) is 65.7 Å². The number of hydrogen-bond donors (Lipinski definition) is 0. The highest BCUT2D eigenvalue weighted by Crippen LogP contribution is 2.37. The highest BCUT2D eigenvalue weighted by molar-refractivity contribution is 9.10. The lowest BCUT2D eigenvalue weighted by atomic mass is 10.2. The molecule has 0 bridgehead atoms. The first-order valence-corrected chi connectivity index (χ1v) is 10.2. The molecule has 0 fully saturated rings. The Balaban J connectivity index is 1.88. The fourth-order valence-electron chi connectivity index (χ4n) is 2.98. The van der Waals surface area contributed by atoms with Gasteiger partial charge in [-0.1, -0.05) is 23.5 Å². The van der Waals surface area contributed by atoms with Crippen LogP contribution in [0.15, 0.2) is 45.7 Å². The third-order valence-corrected chi connectivity index (χ3v) is 5.62. The summed E-state index contributed by atoms with van der Waals surface area (Å²) in [6.07, 6.45) is 1.86. The molecular formula is C20H17BrN2O3S. The fourth-order valence-corrected chi connectivity index (χ4v) is 4.54. The molecule has 0 spiro atoms. The summed E-state index contributed by atoms with van der Waals surface area (Å²) in [5.41, 5.74) is 2.46. The van der Waals surface area contributed by atoms with Crippen molar-refractivity contribution in [2.75, 3.05) is 13.2 Å². The van der Waals surface area contributed by atoms with Crippen LogP contribution in [0.4, 0.5) is 0 Å². The molecule has 0 N–H and O–H groups in total. The number of imidazole rings is 1. The van der Waals surface area contributed by atoms with Crippen molar-refractivity contribution in [3.8, 4) is 11.5 Å². The second kappa shape index (κ2) is 7.32. The van der Waals surface area contributed by atoms with Gasteiger partial charge in [0, 0.05) is 0 Å². The van der Waals surface area contributed by atoms with Crippen molar-refractivity contribution >= 4 is 49.3 Å². The molecule has 138 valence electrons. The molecular weight excluding hydrogens is 428 g/mol. The molecule has 0 aliphatic rings. The SMILES string of the molecule is CCOc1cc(/C=c2/sc3nc4ccccc4n3c2=O)cc(Br)c1OCC.